The lowest BCUT2D eigenvalue weighted by molar-refractivity contribution is 0.0882. The molecule has 0 aromatic heterocycles. The van der Waals surface area contributed by atoms with Crippen molar-refractivity contribution in [2.75, 3.05) is 33.9 Å². The lowest BCUT2D eigenvalue weighted by Crippen LogP contribution is -2.52. The topological polar surface area (TPSA) is 47.7 Å². The molecule has 4 nitrogen and oxygen atoms in total. The minimum Gasteiger partial charge on any atom is -0.497 e. The van der Waals surface area contributed by atoms with E-state index in [-0.39, 0.29) is 5.54 Å². The van der Waals surface area contributed by atoms with E-state index in [4.69, 9.17) is 15.2 Å². The number of rotatable bonds is 5. The summed E-state index contributed by atoms with van der Waals surface area (Å²) in [6.45, 7) is 3.06. The summed E-state index contributed by atoms with van der Waals surface area (Å²) in [6.07, 6.45) is 1.01. The first-order valence-electron chi connectivity index (χ1n) is 6.32. The predicted molar refractivity (Wildman–Crippen MR) is 71.7 cm³/mol. The van der Waals surface area contributed by atoms with Gasteiger partial charge in [0, 0.05) is 19.7 Å². The largest absolute Gasteiger partial charge is 0.497 e. The molecule has 2 N–H and O–H groups in total. The molecule has 1 aliphatic rings. The van der Waals surface area contributed by atoms with Gasteiger partial charge in [0.15, 0.2) is 0 Å². The molecule has 0 radical (unpaired) electrons. The third-order valence-corrected chi connectivity index (χ3v) is 3.85. The highest BCUT2D eigenvalue weighted by Crippen LogP contribution is 2.25. The monoisotopic (exact) mass is 250 g/mol. The van der Waals surface area contributed by atoms with Crippen LogP contribution in [0.15, 0.2) is 24.3 Å². The number of methoxy groups -OCH3 is 1. The standard InChI is InChI=1S/C14H22N2O2/c1-16(14(10-15)7-8-18-11-14)9-12-3-5-13(17-2)6-4-12/h3-6H,7-11,15H2,1-2H3. The quantitative estimate of drug-likeness (QED) is 0.854. The maximum atomic E-state index is 5.93. The van der Waals surface area contributed by atoms with E-state index < -0.39 is 0 Å². The summed E-state index contributed by atoms with van der Waals surface area (Å²) in [6, 6.07) is 8.16. The van der Waals surface area contributed by atoms with E-state index in [0.29, 0.717) is 6.54 Å². The molecule has 1 unspecified atom stereocenters. The molecule has 0 amide bonds. The smallest absolute Gasteiger partial charge is 0.118 e. The van der Waals surface area contributed by atoms with Gasteiger partial charge in [-0.05, 0) is 31.2 Å². The van der Waals surface area contributed by atoms with Crippen LogP contribution in [0.4, 0.5) is 0 Å². The van der Waals surface area contributed by atoms with Crippen LogP contribution in [0.1, 0.15) is 12.0 Å². The SMILES string of the molecule is COc1ccc(CN(C)C2(CN)CCOC2)cc1. The van der Waals surface area contributed by atoms with Crippen molar-refractivity contribution in [3.05, 3.63) is 29.8 Å². The molecule has 4 heteroatoms. The third-order valence-electron chi connectivity index (χ3n) is 3.85. The first-order valence-corrected chi connectivity index (χ1v) is 6.32. The fourth-order valence-corrected chi connectivity index (χ4v) is 2.39. The molecule has 1 saturated heterocycles. The van der Waals surface area contributed by atoms with Crippen LogP contribution in [0.25, 0.3) is 0 Å². The van der Waals surface area contributed by atoms with Crippen LogP contribution in [0.5, 0.6) is 5.75 Å². The van der Waals surface area contributed by atoms with Crippen LogP contribution in [0.3, 0.4) is 0 Å². The molecule has 0 saturated carbocycles. The minimum atomic E-state index is -0.0000717. The summed E-state index contributed by atoms with van der Waals surface area (Å²) >= 11 is 0. The van der Waals surface area contributed by atoms with Crippen LogP contribution >= 0.6 is 0 Å². The lowest BCUT2D eigenvalue weighted by atomic mass is 9.96. The van der Waals surface area contributed by atoms with Gasteiger partial charge in [-0.1, -0.05) is 12.1 Å². The molecule has 2 rings (SSSR count). The average molecular weight is 250 g/mol. The Balaban J connectivity index is 2.03. The Hall–Kier alpha value is -1.10. The number of nitrogens with two attached hydrogens (primary N) is 1. The molecule has 0 spiro atoms. The van der Waals surface area contributed by atoms with Gasteiger partial charge in [-0.3, -0.25) is 4.90 Å². The van der Waals surface area contributed by atoms with Crippen molar-refractivity contribution < 1.29 is 9.47 Å². The highest BCUT2D eigenvalue weighted by Gasteiger charge is 2.37. The van der Waals surface area contributed by atoms with Gasteiger partial charge in [0.05, 0.1) is 19.3 Å². The summed E-state index contributed by atoms with van der Waals surface area (Å²) in [5.41, 5.74) is 7.19. The van der Waals surface area contributed by atoms with Crippen LogP contribution < -0.4 is 10.5 Å². The van der Waals surface area contributed by atoms with Crippen LogP contribution in [-0.2, 0) is 11.3 Å². The van der Waals surface area contributed by atoms with Crippen molar-refractivity contribution in [3.63, 3.8) is 0 Å². The summed E-state index contributed by atoms with van der Waals surface area (Å²) < 4.78 is 10.7. The summed E-state index contributed by atoms with van der Waals surface area (Å²) in [7, 11) is 3.80. The second-order valence-electron chi connectivity index (χ2n) is 4.94. The van der Waals surface area contributed by atoms with E-state index in [9.17, 15) is 0 Å². The van der Waals surface area contributed by atoms with Gasteiger partial charge in [-0.15, -0.1) is 0 Å². The first kappa shape index (κ1) is 13.3. The van der Waals surface area contributed by atoms with Gasteiger partial charge in [-0.25, -0.2) is 0 Å². The Morgan fingerprint density at radius 1 is 1.39 bits per heavy atom. The van der Waals surface area contributed by atoms with E-state index in [1.165, 1.54) is 5.56 Å². The molecular weight excluding hydrogens is 228 g/mol. The van der Waals surface area contributed by atoms with Crippen LogP contribution in [0.2, 0.25) is 0 Å². The molecule has 100 valence electrons. The summed E-state index contributed by atoms with van der Waals surface area (Å²) in [4.78, 5) is 2.31. The number of likely N-dealkylation sites (N-methyl/N-ethyl adjacent to an activating group) is 1. The Morgan fingerprint density at radius 2 is 2.11 bits per heavy atom. The van der Waals surface area contributed by atoms with Crippen molar-refractivity contribution in [1.29, 1.82) is 0 Å². The lowest BCUT2D eigenvalue weighted by Gasteiger charge is -2.36. The maximum absolute atomic E-state index is 5.93. The third kappa shape index (κ3) is 2.66. The molecular formula is C14H22N2O2. The van der Waals surface area contributed by atoms with Gasteiger partial charge >= 0.3 is 0 Å². The van der Waals surface area contributed by atoms with Crippen LogP contribution in [0, 0.1) is 0 Å². The van der Waals surface area contributed by atoms with Crippen molar-refractivity contribution in [3.8, 4) is 5.75 Å². The van der Waals surface area contributed by atoms with Gasteiger partial charge in [0.2, 0.25) is 0 Å². The zero-order valence-electron chi connectivity index (χ0n) is 11.2. The number of hydrogen-bond donors (Lipinski definition) is 1. The number of hydrogen-bond acceptors (Lipinski definition) is 4. The van der Waals surface area contributed by atoms with E-state index >= 15 is 0 Å². The number of benzene rings is 1. The van der Waals surface area contributed by atoms with Gasteiger partial charge in [0.1, 0.15) is 5.75 Å². The summed E-state index contributed by atoms with van der Waals surface area (Å²) in [5.74, 6) is 0.888. The molecule has 1 aliphatic heterocycles. The molecule has 1 fully saturated rings. The predicted octanol–water partition coefficient (Wildman–Crippen LogP) is 1.24. The van der Waals surface area contributed by atoms with E-state index in [1.54, 1.807) is 7.11 Å². The van der Waals surface area contributed by atoms with E-state index in [0.717, 1.165) is 31.9 Å². The Morgan fingerprint density at radius 3 is 2.61 bits per heavy atom. The van der Waals surface area contributed by atoms with Crippen molar-refractivity contribution in [2.45, 2.75) is 18.5 Å². The van der Waals surface area contributed by atoms with E-state index in [2.05, 4.69) is 24.1 Å². The number of nitrogens with zero attached hydrogens (tertiary/aromatic N) is 1. The highest BCUT2D eigenvalue weighted by atomic mass is 16.5. The summed E-state index contributed by atoms with van der Waals surface area (Å²) in [5, 5.41) is 0. The fraction of sp³-hybridized carbons (Fsp3) is 0.571. The average Bonchev–Trinajstić information content (AvgIpc) is 2.89. The Bertz CT molecular complexity index is 372. The fourth-order valence-electron chi connectivity index (χ4n) is 2.39. The number of ether oxygens (including phenoxy) is 2. The Labute approximate surface area is 109 Å². The van der Waals surface area contributed by atoms with Crippen molar-refractivity contribution in [1.82, 2.24) is 4.90 Å². The van der Waals surface area contributed by atoms with Crippen molar-refractivity contribution >= 4 is 0 Å². The highest BCUT2D eigenvalue weighted by molar-refractivity contribution is 5.27. The molecule has 18 heavy (non-hydrogen) atoms. The Kier molecular flexibility index (Phi) is 4.22. The zero-order chi connectivity index (χ0) is 13.0. The van der Waals surface area contributed by atoms with Gasteiger partial charge in [-0.2, -0.15) is 0 Å². The second-order valence-corrected chi connectivity index (χ2v) is 4.94. The molecule has 1 aromatic rings. The normalized spacial score (nSPS) is 23.6. The van der Waals surface area contributed by atoms with Gasteiger partial charge < -0.3 is 15.2 Å². The minimum absolute atomic E-state index is 0.0000717. The first-order chi connectivity index (χ1) is 8.70. The second kappa shape index (κ2) is 5.69. The van der Waals surface area contributed by atoms with Crippen LogP contribution in [-0.4, -0.2) is 44.4 Å². The van der Waals surface area contributed by atoms with E-state index in [1.807, 2.05) is 12.1 Å². The molecule has 0 bridgehead atoms. The molecule has 0 aliphatic carbocycles. The molecule has 1 aromatic carbocycles. The molecule has 1 heterocycles. The zero-order valence-corrected chi connectivity index (χ0v) is 11.2. The molecule has 1 atom stereocenters. The maximum Gasteiger partial charge on any atom is 0.118 e. The van der Waals surface area contributed by atoms with Crippen molar-refractivity contribution in [2.24, 2.45) is 5.73 Å². The van der Waals surface area contributed by atoms with Gasteiger partial charge in [0.25, 0.3) is 0 Å².